The van der Waals surface area contributed by atoms with Crippen LogP contribution in [0.3, 0.4) is 0 Å². The number of carbonyl (C=O) groups is 3. The molecule has 0 radical (unpaired) electrons. The minimum atomic E-state index is -0.692. The van der Waals surface area contributed by atoms with Gasteiger partial charge in [-0.1, -0.05) is 34.1 Å². The summed E-state index contributed by atoms with van der Waals surface area (Å²) in [5.74, 6) is 0.0463. The normalized spacial score (nSPS) is 45.9. The van der Waals surface area contributed by atoms with Gasteiger partial charge in [0, 0.05) is 18.3 Å². The Hall–Kier alpha value is -1.19. The molecule has 4 nitrogen and oxygen atoms in total. The topological polar surface area (TPSA) is 60.4 Å². The summed E-state index contributed by atoms with van der Waals surface area (Å²) in [5, 5.41) is 0. The summed E-state index contributed by atoms with van der Waals surface area (Å²) >= 11 is 0. The lowest BCUT2D eigenvalue weighted by Gasteiger charge is -2.59. The van der Waals surface area contributed by atoms with Crippen LogP contribution in [-0.2, 0) is 19.1 Å². The van der Waals surface area contributed by atoms with Gasteiger partial charge in [-0.3, -0.25) is 9.59 Å². The number of hydrogen-bond donors (Lipinski definition) is 0. The third-order valence-electron chi connectivity index (χ3n) is 7.44. The molecule has 1 heterocycles. The number of esters is 1. The molecule has 3 rings (SSSR count). The molecular formula is C20H30O4. The molecule has 4 heteroatoms. The first kappa shape index (κ1) is 17.6. The van der Waals surface area contributed by atoms with Crippen molar-refractivity contribution in [3.05, 3.63) is 0 Å². The van der Waals surface area contributed by atoms with Crippen LogP contribution in [0.5, 0.6) is 0 Å². The van der Waals surface area contributed by atoms with E-state index in [4.69, 9.17) is 4.74 Å². The monoisotopic (exact) mass is 334 g/mol. The van der Waals surface area contributed by atoms with Gasteiger partial charge in [-0.2, -0.15) is 0 Å². The smallest absolute Gasteiger partial charge is 0.306 e. The number of rotatable bonds is 3. The second-order valence-corrected chi connectivity index (χ2v) is 9.06. The number of Topliss-reactive ketones (excluding diaryl/α,β-unsaturated/α-hetero) is 1. The molecule has 2 saturated carbocycles. The lowest BCUT2D eigenvalue weighted by molar-refractivity contribution is -0.190. The molecule has 0 N–H and O–H groups in total. The van der Waals surface area contributed by atoms with Crippen LogP contribution in [0.2, 0.25) is 0 Å². The second kappa shape index (κ2) is 5.67. The van der Waals surface area contributed by atoms with Gasteiger partial charge in [0.25, 0.3) is 0 Å². The highest BCUT2D eigenvalue weighted by Crippen LogP contribution is 2.63. The number of carbonyl (C=O) groups excluding carboxylic acids is 3. The molecule has 0 bridgehead atoms. The highest BCUT2D eigenvalue weighted by Gasteiger charge is 2.65. The van der Waals surface area contributed by atoms with Crippen LogP contribution >= 0.6 is 0 Å². The minimum Gasteiger partial charge on any atom is -0.458 e. The molecule has 134 valence electrons. The number of cyclic esters (lactones) is 1. The Balaban J connectivity index is 2.09. The summed E-state index contributed by atoms with van der Waals surface area (Å²) < 4.78 is 5.89. The van der Waals surface area contributed by atoms with Crippen LogP contribution in [0.4, 0.5) is 0 Å². The van der Waals surface area contributed by atoms with Crippen molar-refractivity contribution in [3.8, 4) is 0 Å². The van der Waals surface area contributed by atoms with E-state index in [2.05, 4.69) is 27.7 Å². The van der Waals surface area contributed by atoms with E-state index in [0.717, 1.165) is 32.0 Å². The summed E-state index contributed by atoms with van der Waals surface area (Å²) in [5.41, 5.74) is -1.33. The summed E-state index contributed by atoms with van der Waals surface area (Å²) in [6.45, 7) is 8.34. The Morgan fingerprint density at radius 1 is 1.12 bits per heavy atom. The maximum atomic E-state index is 13.1. The summed E-state index contributed by atoms with van der Waals surface area (Å²) in [6.07, 6.45) is 6.20. The first-order valence-corrected chi connectivity index (χ1v) is 9.40. The quantitative estimate of drug-likeness (QED) is 0.583. The lowest BCUT2D eigenvalue weighted by Crippen LogP contribution is -2.61. The molecule has 5 atom stereocenters. The van der Waals surface area contributed by atoms with Crippen molar-refractivity contribution in [2.24, 2.45) is 28.6 Å². The van der Waals surface area contributed by atoms with E-state index in [0.29, 0.717) is 19.3 Å². The van der Waals surface area contributed by atoms with E-state index in [1.165, 1.54) is 0 Å². The van der Waals surface area contributed by atoms with Crippen molar-refractivity contribution in [2.75, 3.05) is 0 Å². The van der Waals surface area contributed by atoms with E-state index < -0.39 is 5.60 Å². The predicted molar refractivity (Wildman–Crippen MR) is 90.2 cm³/mol. The second-order valence-electron chi connectivity index (χ2n) is 9.06. The molecule has 3 aliphatic rings. The summed E-state index contributed by atoms with van der Waals surface area (Å²) in [6, 6.07) is 0. The van der Waals surface area contributed by atoms with E-state index in [1.807, 2.05) is 0 Å². The van der Waals surface area contributed by atoms with Gasteiger partial charge >= 0.3 is 5.97 Å². The fraction of sp³-hybridized carbons (Fsp3) is 0.850. The number of ketones is 1. The maximum Gasteiger partial charge on any atom is 0.306 e. The molecule has 0 aromatic heterocycles. The number of fused-ring (bicyclic) bond motifs is 1. The SMILES string of the molecule is CC(C)[C@@]1([C@H]2C(=O)CC[C@@H]3[C@]2(C)CCC[C@]3(C)C=O)CCC(=O)O1. The minimum absolute atomic E-state index is 0.0953. The molecule has 1 aliphatic heterocycles. The third kappa shape index (κ3) is 2.28. The Bertz CT molecular complexity index is 568. The summed E-state index contributed by atoms with van der Waals surface area (Å²) in [4.78, 5) is 36.9. The van der Waals surface area contributed by atoms with Crippen LogP contribution < -0.4 is 0 Å². The van der Waals surface area contributed by atoms with Gasteiger partial charge in [0.05, 0.1) is 5.92 Å². The van der Waals surface area contributed by atoms with Crippen molar-refractivity contribution in [3.63, 3.8) is 0 Å². The molecule has 0 aromatic carbocycles. The van der Waals surface area contributed by atoms with Crippen molar-refractivity contribution < 1.29 is 19.1 Å². The van der Waals surface area contributed by atoms with Gasteiger partial charge in [-0.25, -0.2) is 0 Å². The van der Waals surface area contributed by atoms with E-state index in [1.54, 1.807) is 0 Å². The Kier molecular flexibility index (Phi) is 4.17. The highest BCUT2D eigenvalue weighted by atomic mass is 16.6. The lowest BCUT2D eigenvalue weighted by atomic mass is 9.44. The number of aldehydes is 1. The van der Waals surface area contributed by atoms with Gasteiger partial charge in [0.15, 0.2) is 0 Å². The number of ether oxygens (including phenoxy) is 1. The maximum absolute atomic E-state index is 13.1. The van der Waals surface area contributed by atoms with Gasteiger partial charge in [-0.15, -0.1) is 0 Å². The highest BCUT2D eigenvalue weighted by molar-refractivity contribution is 5.86. The Labute approximate surface area is 144 Å². The molecule has 2 aliphatic carbocycles. The number of hydrogen-bond acceptors (Lipinski definition) is 4. The van der Waals surface area contributed by atoms with E-state index >= 15 is 0 Å². The van der Waals surface area contributed by atoms with E-state index in [-0.39, 0.29) is 40.3 Å². The average molecular weight is 334 g/mol. The van der Waals surface area contributed by atoms with Gasteiger partial charge < -0.3 is 9.53 Å². The van der Waals surface area contributed by atoms with Crippen LogP contribution in [0.15, 0.2) is 0 Å². The Morgan fingerprint density at radius 2 is 1.83 bits per heavy atom. The van der Waals surface area contributed by atoms with Gasteiger partial charge in [0.1, 0.15) is 17.7 Å². The van der Waals surface area contributed by atoms with Crippen molar-refractivity contribution in [1.82, 2.24) is 0 Å². The van der Waals surface area contributed by atoms with Crippen LogP contribution in [0.25, 0.3) is 0 Å². The Morgan fingerprint density at radius 3 is 2.38 bits per heavy atom. The van der Waals surface area contributed by atoms with Crippen LogP contribution in [0.1, 0.15) is 72.6 Å². The van der Waals surface area contributed by atoms with Crippen LogP contribution in [0, 0.1) is 28.6 Å². The standard InChI is InChI=1S/C20H30O4/c1-13(2)20(11-8-16(23)24-20)17-14(22)6-7-15-18(3,12-21)9-5-10-19(15,17)4/h12-13,15,17H,5-11H2,1-4H3/t15-,17-,18+,19-,20+/m0/s1. The van der Waals surface area contributed by atoms with Crippen molar-refractivity contribution in [1.29, 1.82) is 0 Å². The fourth-order valence-corrected chi connectivity index (χ4v) is 6.28. The first-order valence-electron chi connectivity index (χ1n) is 9.40. The summed E-state index contributed by atoms with van der Waals surface area (Å²) in [7, 11) is 0. The zero-order valence-corrected chi connectivity index (χ0v) is 15.4. The molecule has 24 heavy (non-hydrogen) atoms. The van der Waals surface area contributed by atoms with E-state index in [9.17, 15) is 14.4 Å². The zero-order valence-electron chi connectivity index (χ0n) is 15.4. The molecule has 0 aromatic rings. The fourth-order valence-electron chi connectivity index (χ4n) is 6.28. The molecule has 0 spiro atoms. The molecule has 3 fully saturated rings. The predicted octanol–water partition coefficient (Wildman–Crippen LogP) is 3.71. The molecule has 1 saturated heterocycles. The van der Waals surface area contributed by atoms with Crippen molar-refractivity contribution >= 4 is 18.0 Å². The third-order valence-corrected chi connectivity index (χ3v) is 7.44. The van der Waals surface area contributed by atoms with Crippen molar-refractivity contribution in [2.45, 2.75) is 78.2 Å². The molecule has 0 unspecified atom stereocenters. The average Bonchev–Trinajstić information content (AvgIpc) is 2.89. The van der Waals surface area contributed by atoms with Gasteiger partial charge in [0.2, 0.25) is 0 Å². The molecule has 0 amide bonds. The first-order chi connectivity index (χ1) is 11.2. The zero-order chi connectivity index (χ0) is 17.8. The largest absolute Gasteiger partial charge is 0.458 e. The van der Waals surface area contributed by atoms with Gasteiger partial charge in [-0.05, 0) is 42.9 Å². The van der Waals surface area contributed by atoms with Crippen LogP contribution in [-0.4, -0.2) is 23.6 Å². The molecular weight excluding hydrogens is 304 g/mol.